The third-order valence-electron chi connectivity index (χ3n) is 4.82. The highest BCUT2D eigenvalue weighted by Gasteiger charge is 2.22. The minimum absolute atomic E-state index is 0.0794. The summed E-state index contributed by atoms with van der Waals surface area (Å²) in [6.07, 6.45) is 1.48. The van der Waals surface area contributed by atoms with Crippen LogP contribution in [0.15, 0.2) is 29.4 Å². The van der Waals surface area contributed by atoms with Gasteiger partial charge in [-0.05, 0) is 44.4 Å². The lowest BCUT2D eigenvalue weighted by Gasteiger charge is -2.16. The van der Waals surface area contributed by atoms with E-state index in [0.717, 1.165) is 41.7 Å². The zero-order chi connectivity index (χ0) is 20.3. The summed E-state index contributed by atoms with van der Waals surface area (Å²) in [7, 11) is 0. The summed E-state index contributed by atoms with van der Waals surface area (Å²) < 4.78 is 2.19. The molecule has 1 N–H and O–H groups in total. The molecular formula is C21H28N4O2S. The van der Waals surface area contributed by atoms with Crippen molar-refractivity contribution in [2.75, 3.05) is 22.5 Å². The maximum atomic E-state index is 12.5. The van der Waals surface area contributed by atoms with Gasteiger partial charge in [-0.3, -0.25) is 9.59 Å². The molecule has 6 nitrogen and oxygen atoms in total. The molecule has 0 unspecified atom stereocenters. The Morgan fingerprint density at radius 3 is 2.79 bits per heavy atom. The van der Waals surface area contributed by atoms with Gasteiger partial charge in [-0.2, -0.15) is 0 Å². The second-order valence-electron chi connectivity index (χ2n) is 7.61. The fourth-order valence-electron chi connectivity index (χ4n) is 3.31. The van der Waals surface area contributed by atoms with Crippen LogP contribution in [0, 0.1) is 19.8 Å². The molecule has 1 aromatic carbocycles. The van der Waals surface area contributed by atoms with Gasteiger partial charge in [0.05, 0.1) is 11.4 Å². The summed E-state index contributed by atoms with van der Waals surface area (Å²) >= 11 is 1.46. The molecule has 1 aliphatic heterocycles. The Morgan fingerprint density at radius 1 is 1.32 bits per heavy atom. The van der Waals surface area contributed by atoms with Gasteiger partial charge in [0.15, 0.2) is 5.16 Å². The number of nitrogens with zero attached hydrogens (tertiary/aromatic N) is 3. The number of aryl methyl sites for hydroxylation is 1. The lowest BCUT2D eigenvalue weighted by Crippen LogP contribution is -2.23. The van der Waals surface area contributed by atoms with Gasteiger partial charge in [0.2, 0.25) is 11.8 Å². The van der Waals surface area contributed by atoms with Crippen molar-refractivity contribution in [1.82, 2.24) is 9.55 Å². The Bertz CT molecular complexity index is 875. The predicted octanol–water partition coefficient (Wildman–Crippen LogP) is 4.01. The number of nitrogens with one attached hydrogen (secondary N) is 1. The number of carbonyl (C=O) groups excluding carboxylic acids is 2. The van der Waals surface area contributed by atoms with E-state index in [1.807, 2.05) is 31.2 Å². The monoisotopic (exact) mass is 400 g/mol. The number of imidazole rings is 1. The van der Waals surface area contributed by atoms with Crippen LogP contribution < -0.4 is 10.2 Å². The van der Waals surface area contributed by atoms with Gasteiger partial charge in [-0.1, -0.05) is 31.7 Å². The van der Waals surface area contributed by atoms with Gasteiger partial charge in [-0.25, -0.2) is 4.98 Å². The van der Waals surface area contributed by atoms with Crippen molar-refractivity contribution in [3.63, 3.8) is 0 Å². The second-order valence-corrected chi connectivity index (χ2v) is 8.55. The number of hydrogen-bond acceptors (Lipinski definition) is 4. The summed E-state index contributed by atoms with van der Waals surface area (Å²) in [4.78, 5) is 30.8. The lowest BCUT2D eigenvalue weighted by molar-refractivity contribution is -0.117. The number of thioether (sulfide) groups is 1. The number of amides is 2. The first-order chi connectivity index (χ1) is 13.3. The van der Waals surface area contributed by atoms with Crippen molar-refractivity contribution in [3.05, 3.63) is 35.7 Å². The summed E-state index contributed by atoms with van der Waals surface area (Å²) in [5, 5.41) is 3.82. The third-order valence-corrected chi connectivity index (χ3v) is 5.79. The van der Waals surface area contributed by atoms with Crippen molar-refractivity contribution in [1.29, 1.82) is 0 Å². The fraction of sp³-hybridized carbons (Fsp3) is 0.476. The molecule has 7 heteroatoms. The second kappa shape index (κ2) is 8.82. The average Bonchev–Trinajstić information content (AvgIpc) is 3.18. The van der Waals surface area contributed by atoms with Crippen LogP contribution in [-0.2, 0) is 16.1 Å². The van der Waals surface area contributed by atoms with E-state index in [0.29, 0.717) is 23.8 Å². The maximum absolute atomic E-state index is 12.5. The number of benzene rings is 1. The topological polar surface area (TPSA) is 67.2 Å². The molecule has 0 atom stereocenters. The van der Waals surface area contributed by atoms with E-state index in [1.54, 1.807) is 4.90 Å². The van der Waals surface area contributed by atoms with Crippen molar-refractivity contribution in [2.45, 2.75) is 52.2 Å². The molecule has 1 aliphatic rings. The molecule has 150 valence electrons. The summed E-state index contributed by atoms with van der Waals surface area (Å²) in [5.74, 6) is 0.864. The Kier molecular flexibility index (Phi) is 6.44. The molecule has 28 heavy (non-hydrogen) atoms. The molecule has 1 saturated heterocycles. The Balaban J connectivity index is 1.62. The van der Waals surface area contributed by atoms with E-state index >= 15 is 0 Å². The quantitative estimate of drug-likeness (QED) is 0.713. The first-order valence-electron chi connectivity index (χ1n) is 9.72. The Morgan fingerprint density at radius 2 is 2.11 bits per heavy atom. The van der Waals surface area contributed by atoms with Crippen LogP contribution in [0.25, 0.3) is 0 Å². The number of carbonyl (C=O) groups is 2. The predicted molar refractivity (Wildman–Crippen MR) is 114 cm³/mol. The maximum Gasteiger partial charge on any atom is 0.234 e. The molecule has 2 heterocycles. The minimum atomic E-state index is -0.0794. The molecule has 1 fully saturated rings. The highest BCUT2D eigenvalue weighted by atomic mass is 32.2. The fourth-order valence-corrected chi connectivity index (χ4v) is 4.21. The van der Waals surface area contributed by atoms with E-state index < -0.39 is 0 Å². The largest absolute Gasteiger partial charge is 0.325 e. The Hall–Kier alpha value is -2.28. The molecule has 0 radical (unpaired) electrons. The zero-order valence-electron chi connectivity index (χ0n) is 17.0. The Labute approximate surface area is 170 Å². The average molecular weight is 401 g/mol. The normalized spacial score (nSPS) is 14.2. The van der Waals surface area contributed by atoms with Crippen LogP contribution in [0.1, 0.15) is 38.1 Å². The summed E-state index contributed by atoms with van der Waals surface area (Å²) in [6.45, 7) is 10.1. The van der Waals surface area contributed by atoms with Gasteiger partial charge >= 0.3 is 0 Å². The van der Waals surface area contributed by atoms with E-state index in [-0.39, 0.29) is 11.8 Å². The van der Waals surface area contributed by atoms with Crippen molar-refractivity contribution in [2.24, 2.45) is 5.92 Å². The van der Waals surface area contributed by atoms with Crippen molar-refractivity contribution >= 4 is 35.0 Å². The SMILES string of the molecule is Cc1nc(SCC(=O)Nc2cccc(N3CCCC3=O)c2)n(CC(C)C)c1C. The number of rotatable bonds is 7. The van der Waals surface area contributed by atoms with E-state index in [4.69, 9.17) is 0 Å². The summed E-state index contributed by atoms with van der Waals surface area (Å²) in [6, 6.07) is 7.48. The molecule has 1 aromatic heterocycles. The molecule has 2 aromatic rings. The smallest absolute Gasteiger partial charge is 0.234 e. The first-order valence-corrected chi connectivity index (χ1v) is 10.7. The van der Waals surface area contributed by atoms with Crippen LogP contribution in [-0.4, -0.2) is 33.7 Å². The van der Waals surface area contributed by atoms with Crippen LogP contribution >= 0.6 is 11.8 Å². The van der Waals surface area contributed by atoms with E-state index in [1.165, 1.54) is 11.8 Å². The minimum Gasteiger partial charge on any atom is -0.325 e. The van der Waals surface area contributed by atoms with E-state index in [9.17, 15) is 9.59 Å². The number of aromatic nitrogens is 2. The first kappa shape index (κ1) is 20.5. The molecule has 2 amide bonds. The standard InChI is InChI=1S/C21H28N4O2S/c1-14(2)12-25-16(4)15(3)22-21(25)28-13-19(26)23-17-7-5-8-18(11-17)24-10-6-9-20(24)27/h5,7-8,11,14H,6,9-10,12-13H2,1-4H3,(H,23,26). The lowest BCUT2D eigenvalue weighted by atomic mass is 10.2. The summed E-state index contributed by atoms with van der Waals surface area (Å²) in [5.41, 5.74) is 3.71. The molecule has 0 spiro atoms. The van der Waals surface area contributed by atoms with Crippen LogP contribution in [0.2, 0.25) is 0 Å². The molecular weight excluding hydrogens is 372 g/mol. The van der Waals surface area contributed by atoms with Gasteiger partial charge in [0.1, 0.15) is 0 Å². The molecule has 0 aliphatic carbocycles. The van der Waals surface area contributed by atoms with Crippen LogP contribution in [0.3, 0.4) is 0 Å². The van der Waals surface area contributed by atoms with Gasteiger partial charge in [0, 0.05) is 36.6 Å². The molecule has 0 saturated carbocycles. The molecule has 3 rings (SSSR count). The van der Waals surface area contributed by atoms with Gasteiger partial charge in [0.25, 0.3) is 0 Å². The van der Waals surface area contributed by atoms with Gasteiger partial charge < -0.3 is 14.8 Å². The highest BCUT2D eigenvalue weighted by molar-refractivity contribution is 7.99. The highest BCUT2D eigenvalue weighted by Crippen LogP contribution is 2.25. The van der Waals surface area contributed by atoms with Crippen LogP contribution in [0.4, 0.5) is 11.4 Å². The van der Waals surface area contributed by atoms with Crippen molar-refractivity contribution < 1.29 is 9.59 Å². The van der Waals surface area contributed by atoms with Gasteiger partial charge in [-0.15, -0.1) is 0 Å². The third kappa shape index (κ3) is 4.76. The van der Waals surface area contributed by atoms with Crippen LogP contribution in [0.5, 0.6) is 0 Å². The number of anilines is 2. The van der Waals surface area contributed by atoms with Crippen molar-refractivity contribution in [3.8, 4) is 0 Å². The molecule has 0 bridgehead atoms. The van der Waals surface area contributed by atoms with E-state index in [2.05, 4.69) is 35.6 Å². The zero-order valence-corrected chi connectivity index (χ0v) is 17.8. The number of hydrogen-bond donors (Lipinski definition) is 1.